The molecular formula is C23H36N2O6. The number of fused-ring (bicyclic) bond motifs is 1. The van der Waals surface area contributed by atoms with Crippen molar-refractivity contribution in [3.63, 3.8) is 0 Å². The van der Waals surface area contributed by atoms with Gasteiger partial charge in [-0.25, -0.2) is 0 Å². The summed E-state index contributed by atoms with van der Waals surface area (Å²) in [5, 5.41) is 19.4. The number of aliphatic hydroxyl groups excluding tert-OH is 1. The highest BCUT2D eigenvalue weighted by molar-refractivity contribution is 5.98. The van der Waals surface area contributed by atoms with Gasteiger partial charge < -0.3 is 24.7 Å². The van der Waals surface area contributed by atoms with Crippen LogP contribution in [0.15, 0.2) is 12.7 Å². The van der Waals surface area contributed by atoms with Crippen LogP contribution in [-0.4, -0.2) is 80.8 Å². The molecule has 3 saturated heterocycles. The van der Waals surface area contributed by atoms with Crippen molar-refractivity contribution in [2.75, 3.05) is 19.7 Å². The van der Waals surface area contributed by atoms with Crippen LogP contribution in [0.1, 0.15) is 53.9 Å². The number of aliphatic carboxylic acids is 1. The van der Waals surface area contributed by atoms with Crippen LogP contribution in [0.3, 0.4) is 0 Å². The number of carboxylic acid groups (broad SMARTS) is 1. The molecule has 0 unspecified atom stereocenters. The van der Waals surface area contributed by atoms with E-state index in [4.69, 9.17) is 4.74 Å². The van der Waals surface area contributed by atoms with Crippen molar-refractivity contribution in [3.05, 3.63) is 12.7 Å². The first-order valence-corrected chi connectivity index (χ1v) is 11.0. The van der Waals surface area contributed by atoms with Crippen molar-refractivity contribution in [2.24, 2.45) is 17.3 Å². The number of hydrogen-bond donors (Lipinski definition) is 2. The molecule has 2 bridgehead atoms. The van der Waals surface area contributed by atoms with E-state index in [2.05, 4.69) is 27.4 Å². The van der Waals surface area contributed by atoms with E-state index >= 15 is 0 Å². The third-order valence-corrected chi connectivity index (χ3v) is 6.93. The second kappa shape index (κ2) is 7.89. The molecule has 0 aromatic rings. The van der Waals surface area contributed by atoms with Gasteiger partial charge in [0.1, 0.15) is 11.6 Å². The van der Waals surface area contributed by atoms with Crippen molar-refractivity contribution in [3.8, 4) is 0 Å². The standard InChI is InChI=1S/C23H36N2O6/c1-7-10-25(22(5,6)13-21(2,3)4)19(28)17-23-9-8-14(31-23)15(20(29)30)16(23)18(27)24(17)11-12-26/h7,14-17,26H,1,8-13H2,2-6H3,(H,29,30)/t14-,15+,16+,17-,23+/m1/s1. The minimum atomic E-state index is -1.16. The van der Waals surface area contributed by atoms with E-state index in [0.717, 1.165) is 6.42 Å². The molecule has 0 aliphatic carbocycles. The fourth-order valence-electron chi connectivity index (χ4n) is 6.37. The summed E-state index contributed by atoms with van der Waals surface area (Å²) in [6, 6.07) is -0.953. The molecular weight excluding hydrogens is 400 g/mol. The Morgan fingerprint density at radius 1 is 1.32 bits per heavy atom. The SMILES string of the molecule is C=CCN(C(=O)[C@H]1N(CCO)C(=O)[C@@H]2[C@@H](C(=O)O)[C@H]3CC[C@]21O3)C(C)(C)CC(C)(C)C. The number of carbonyl (C=O) groups is 3. The van der Waals surface area contributed by atoms with E-state index in [-0.39, 0.29) is 24.5 Å². The lowest BCUT2D eigenvalue weighted by Crippen LogP contribution is -2.61. The predicted molar refractivity (Wildman–Crippen MR) is 114 cm³/mol. The Hall–Kier alpha value is -1.93. The normalized spacial score (nSPS) is 32.3. The zero-order chi connectivity index (χ0) is 23.4. The number of amides is 2. The number of carbonyl (C=O) groups excluding carboxylic acids is 2. The zero-order valence-corrected chi connectivity index (χ0v) is 19.3. The van der Waals surface area contributed by atoms with Crippen LogP contribution in [0.5, 0.6) is 0 Å². The first kappa shape index (κ1) is 23.7. The molecule has 1 spiro atoms. The highest BCUT2D eigenvalue weighted by Gasteiger charge is 2.75. The van der Waals surface area contributed by atoms with Crippen molar-refractivity contribution in [1.29, 1.82) is 0 Å². The minimum absolute atomic E-state index is 0.0323. The van der Waals surface area contributed by atoms with Crippen molar-refractivity contribution >= 4 is 17.8 Å². The molecule has 174 valence electrons. The summed E-state index contributed by atoms with van der Waals surface area (Å²) < 4.78 is 6.18. The van der Waals surface area contributed by atoms with Gasteiger partial charge in [0.25, 0.3) is 0 Å². The number of carboxylic acids is 1. The molecule has 5 atom stereocenters. The lowest BCUT2D eigenvalue weighted by molar-refractivity contribution is -0.153. The maximum atomic E-state index is 14.1. The summed E-state index contributed by atoms with van der Waals surface area (Å²) in [6.07, 6.45) is 2.78. The monoisotopic (exact) mass is 436 g/mol. The fourth-order valence-corrected chi connectivity index (χ4v) is 6.37. The number of likely N-dealkylation sites (tertiary alicyclic amines) is 1. The third-order valence-electron chi connectivity index (χ3n) is 6.93. The lowest BCUT2D eigenvalue weighted by Gasteiger charge is -2.45. The molecule has 0 radical (unpaired) electrons. The Morgan fingerprint density at radius 3 is 2.48 bits per heavy atom. The Labute approximate surface area is 184 Å². The van der Waals surface area contributed by atoms with Crippen molar-refractivity contribution < 1.29 is 29.3 Å². The second-order valence-electron chi connectivity index (χ2n) is 10.9. The number of ether oxygens (including phenoxy) is 1. The van der Waals surface area contributed by atoms with Crippen LogP contribution in [0.25, 0.3) is 0 Å². The van der Waals surface area contributed by atoms with Gasteiger partial charge in [-0.05, 0) is 38.5 Å². The number of nitrogens with zero attached hydrogens (tertiary/aromatic N) is 2. The highest BCUT2D eigenvalue weighted by atomic mass is 16.5. The van der Waals surface area contributed by atoms with Gasteiger partial charge in [-0.3, -0.25) is 14.4 Å². The summed E-state index contributed by atoms with van der Waals surface area (Å²) in [7, 11) is 0. The van der Waals surface area contributed by atoms with Crippen LogP contribution < -0.4 is 0 Å². The van der Waals surface area contributed by atoms with Gasteiger partial charge in [-0.1, -0.05) is 26.8 Å². The fraction of sp³-hybridized carbons (Fsp3) is 0.783. The van der Waals surface area contributed by atoms with Gasteiger partial charge >= 0.3 is 5.97 Å². The van der Waals surface area contributed by atoms with Crippen LogP contribution in [0.4, 0.5) is 0 Å². The summed E-state index contributed by atoms with van der Waals surface area (Å²) >= 11 is 0. The molecule has 3 aliphatic rings. The van der Waals surface area contributed by atoms with Crippen LogP contribution >= 0.6 is 0 Å². The molecule has 0 aromatic carbocycles. The average Bonchev–Trinajstić information content (AvgIpc) is 3.25. The first-order valence-electron chi connectivity index (χ1n) is 11.0. The largest absolute Gasteiger partial charge is 0.481 e. The van der Waals surface area contributed by atoms with Crippen LogP contribution in [-0.2, 0) is 19.1 Å². The summed E-state index contributed by atoms with van der Waals surface area (Å²) in [5.74, 6) is -3.62. The van der Waals surface area contributed by atoms with Gasteiger partial charge in [0, 0.05) is 18.6 Å². The van der Waals surface area contributed by atoms with Gasteiger partial charge in [0.15, 0.2) is 0 Å². The van der Waals surface area contributed by atoms with E-state index < -0.39 is 47.0 Å². The van der Waals surface area contributed by atoms with E-state index in [1.54, 1.807) is 11.0 Å². The second-order valence-corrected chi connectivity index (χ2v) is 10.9. The number of rotatable bonds is 8. The molecule has 0 saturated carbocycles. The predicted octanol–water partition coefficient (Wildman–Crippen LogP) is 1.67. The molecule has 2 N–H and O–H groups in total. The molecule has 3 heterocycles. The zero-order valence-electron chi connectivity index (χ0n) is 19.3. The maximum absolute atomic E-state index is 14.1. The molecule has 8 heteroatoms. The number of hydrogen-bond acceptors (Lipinski definition) is 5. The Balaban J connectivity index is 2.05. The molecule has 2 amide bonds. The maximum Gasteiger partial charge on any atom is 0.310 e. The summed E-state index contributed by atoms with van der Waals surface area (Å²) in [6.45, 7) is 14.1. The lowest BCUT2D eigenvalue weighted by atomic mass is 9.70. The molecule has 31 heavy (non-hydrogen) atoms. The summed E-state index contributed by atoms with van der Waals surface area (Å²) in [4.78, 5) is 42.5. The topological polar surface area (TPSA) is 107 Å². The summed E-state index contributed by atoms with van der Waals surface area (Å²) in [5.41, 5.74) is -1.74. The molecule has 3 rings (SSSR count). The molecule has 3 fully saturated rings. The van der Waals surface area contributed by atoms with Gasteiger partial charge in [0.2, 0.25) is 11.8 Å². The van der Waals surface area contributed by atoms with Gasteiger partial charge in [-0.15, -0.1) is 6.58 Å². The number of aliphatic hydroxyl groups is 1. The van der Waals surface area contributed by atoms with E-state index in [0.29, 0.717) is 19.4 Å². The Kier molecular flexibility index (Phi) is 6.04. The molecule has 0 aromatic heterocycles. The van der Waals surface area contributed by atoms with E-state index in [1.165, 1.54) is 4.90 Å². The average molecular weight is 437 g/mol. The highest BCUT2D eigenvalue weighted by Crippen LogP contribution is 2.58. The molecule has 3 aliphatic heterocycles. The Morgan fingerprint density at radius 2 is 1.97 bits per heavy atom. The van der Waals surface area contributed by atoms with Crippen molar-refractivity contribution in [1.82, 2.24) is 9.80 Å². The van der Waals surface area contributed by atoms with E-state index in [9.17, 15) is 24.6 Å². The number of β-amino-alcohol motifs (C(OH)–C–C–N with tert-alkyl or cyclic N) is 1. The first-order chi connectivity index (χ1) is 14.3. The van der Waals surface area contributed by atoms with Gasteiger partial charge in [-0.2, -0.15) is 0 Å². The Bertz CT molecular complexity index is 773. The van der Waals surface area contributed by atoms with Gasteiger partial charge in [0.05, 0.1) is 24.5 Å². The molecule has 8 nitrogen and oxygen atoms in total. The minimum Gasteiger partial charge on any atom is -0.481 e. The van der Waals surface area contributed by atoms with Crippen molar-refractivity contribution in [2.45, 2.75) is 77.2 Å². The van der Waals surface area contributed by atoms with E-state index in [1.807, 2.05) is 13.8 Å². The quantitative estimate of drug-likeness (QED) is 0.561. The van der Waals surface area contributed by atoms with Crippen LogP contribution in [0, 0.1) is 17.3 Å². The van der Waals surface area contributed by atoms with Crippen LogP contribution in [0.2, 0.25) is 0 Å². The third kappa shape index (κ3) is 3.78. The smallest absolute Gasteiger partial charge is 0.310 e.